The van der Waals surface area contributed by atoms with Gasteiger partial charge in [0.2, 0.25) is 0 Å². The van der Waals surface area contributed by atoms with Crippen LogP contribution in [0.2, 0.25) is 0 Å². The molecule has 142 valence electrons. The second-order valence-electron chi connectivity index (χ2n) is 10.2. The third-order valence-electron chi connectivity index (χ3n) is 8.94. The maximum Gasteiger partial charge on any atom is 0.104 e. The van der Waals surface area contributed by atoms with E-state index in [1.54, 1.807) is 0 Å². The molecule has 0 saturated heterocycles. The summed E-state index contributed by atoms with van der Waals surface area (Å²) in [5.41, 5.74) is 0.523. The molecule has 4 aliphatic rings. The van der Waals surface area contributed by atoms with E-state index in [1.807, 2.05) is 6.92 Å². The molecule has 0 bridgehead atoms. The molecular formula is C22H35FO2. The Morgan fingerprint density at radius 1 is 1.04 bits per heavy atom. The second kappa shape index (κ2) is 6.05. The van der Waals surface area contributed by atoms with Gasteiger partial charge in [-0.2, -0.15) is 0 Å². The van der Waals surface area contributed by atoms with Gasteiger partial charge in [0.1, 0.15) is 6.17 Å². The lowest BCUT2D eigenvalue weighted by Gasteiger charge is -2.57. The summed E-state index contributed by atoms with van der Waals surface area (Å²) in [4.78, 5) is 0. The van der Waals surface area contributed by atoms with Gasteiger partial charge in [-0.3, -0.25) is 0 Å². The van der Waals surface area contributed by atoms with Gasteiger partial charge in [-0.05, 0) is 105 Å². The number of hydrogen-bond donors (Lipinski definition) is 2. The van der Waals surface area contributed by atoms with Crippen molar-refractivity contribution in [1.82, 2.24) is 0 Å². The predicted molar refractivity (Wildman–Crippen MR) is 97.7 cm³/mol. The van der Waals surface area contributed by atoms with Crippen LogP contribution in [0.15, 0.2) is 12.2 Å². The Labute approximate surface area is 151 Å². The molecule has 4 saturated carbocycles. The van der Waals surface area contributed by atoms with Gasteiger partial charge in [-0.25, -0.2) is 4.39 Å². The Kier molecular flexibility index (Phi) is 4.35. The fraction of sp³-hybridized carbons (Fsp3) is 0.909. The van der Waals surface area contributed by atoms with Gasteiger partial charge < -0.3 is 10.2 Å². The van der Waals surface area contributed by atoms with E-state index < -0.39 is 11.8 Å². The molecule has 4 rings (SSSR count). The third-order valence-corrected chi connectivity index (χ3v) is 8.94. The Hall–Kier alpha value is -0.410. The first-order valence-corrected chi connectivity index (χ1v) is 10.4. The molecule has 0 aliphatic heterocycles. The summed E-state index contributed by atoms with van der Waals surface area (Å²) < 4.78 is 15.2. The number of fused-ring (bicyclic) bond motifs is 5. The van der Waals surface area contributed by atoms with Crippen molar-refractivity contribution >= 4 is 0 Å². The number of hydrogen-bond acceptors (Lipinski definition) is 2. The van der Waals surface area contributed by atoms with E-state index in [0.717, 1.165) is 24.8 Å². The van der Waals surface area contributed by atoms with Crippen LogP contribution in [0.5, 0.6) is 0 Å². The highest BCUT2D eigenvalue weighted by atomic mass is 19.1. The van der Waals surface area contributed by atoms with E-state index in [-0.39, 0.29) is 17.9 Å². The van der Waals surface area contributed by atoms with Crippen molar-refractivity contribution in [2.45, 2.75) is 77.0 Å². The highest BCUT2D eigenvalue weighted by Gasteiger charge is 2.59. The normalized spacial score (nSPS) is 55.2. The molecule has 3 heteroatoms. The van der Waals surface area contributed by atoms with E-state index in [4.69, 9.17) is 0 Å². The van der Waals surface area contributed by atoms with Crippen LogP contribution < -0.4 is 0 Å². The minimum absolute atomic E-state index is 0.0685. The van der Waals surface area contributed by atoms with E-state index in [0.29, 0.717) is 42.4 Å². The third kappa shape index (κ3) is 2.72. The fourth-order valence-electron chi connectivity index (χ4n) is 7.78. The molecular weight excluding hydrogens is 315 g/mol. The van der Waals surface area contributed by atoms with Crippen molar-refractivity contribution < 1.29 is 14.6 Å². The minimum Gasteiger partial charge on any atom is -0.392 e. The number of aliphatic hydroxyl groups excluding tert-OH is 1. The van der Waals surface area contributed by atoms with Crippen LogP contribution in [0.4, 0.5) is 4.39 Å². The summed E-state index contributed by atoms with van der Waals surface area (Å²) in [5.74, 6) is 2.67. The smallest absolute Gasteiger partial charge is 0.104 e. The Bertz CT molecular complexity index is 544. The zero-order chi connectivity index (χ0) is 18.0. The summed E-state index contributed by atoms with van der Waals surface area (Å²) >= 11 is 0. The molecule has 0 spiro atoms. The molecule has 0 aromatic carbocycles. The Morgan fingerprint density at radius 2 is 1.72 bits per heavy atom. The Morgan fingerprint density at radius 3 is 2.44 bits per heavy atom. The molecule has 2 N–H and O–H groups in total. The second-order valence-corrected chi connectivity index (χ2v) is 10.2. The molecule has 0 aromatic heterocycles. The van der Waals surface area contributed by atoms with Gasteiger partial charge in [0.25, 0.3) is 0 Å². The van der Waals surface area contributed by atoms with Crippen LogP contribution in [-0.4, -0.2) is 28.6 Å². The zero-order valence-electron chi connectivity index (χ0n) is 15.9. The first kappa shape index (κ1) is 18.0. The van der Waals surface area contributed by atoms with Gasteiger partial charge in [0, 0.05) is 0 Å². The van der Waals surface area contributed by atoms with Crippen LogP contribution in [0.25, 0.3) is 0 Å². The molecule has 2 nitrogen and oxygen atoms in total. The zero-order valence-corrected chi connectivity index (χ0v) is 15.9. The van der Waals surface area contributed by atoms with Gasteiger partial charge >= 0.3 is 0 Å². The van der Waals surface area contributed by atoms with Crippen molar-refractivity contribution in [3.8, 4) is 0 Å². The summed E-state index contributed by atoms with van der Waals surface area (Å²) in [6.45, 7) is 8.51. The summed E-state index contributed by atoms with van der Waals surface area (Å²) in [6.07, 6.45) is 7.09. The molecule has 0 radical (unpaired) electrons. The predicted octanol–water partition coefficient (Wildman–Crippen LogP) is 4.50. The average Bonchev–Trinajstić information content (AvgIpc) is 2.91. The summed E-state index contributed by atoms with van der Waals surface area (Å²) in [6, 6.07) is 0. The molecule has 9 atom stereocenters. The van der Waals surface area contributed by atoms with Crippen molar-refractivity contribution in [3.63, 3.8) is 0 Å². The standard InChI is InChI=1S/C22H35FO2/c1-13(12-24)18-4-5-19-16-10-20(23)17-11-21(2,25)8-6-15(17)14(16)7-9-22(18,19)3/h14-20,24-25H,1,4-12H2,2-3H3/t14-,15-,16-,17+,18-,19+,20-,21+,22-/m1/s1. The fourth-order valence-corrected chi connectivity index (χ4v) is 7.78. The van der Waals surface area contributed by atoms with E-state index in [2.05, 4.69) is 13.5 Å². The lowest BCUT2D eigenvalue weighted by Crippen LogP contribution is -2.54. The van der Waals surface area contributed by atoms with E-state index in [9.17, 15) is 10.2 Å². The number of aliphatic hydroxyl groups is 2. The van der Waals surface area contributed by atoms with E-state index in [1.165, 1.54) is 19.3 Å². The van der Waals surface area contributed by atoms with Crippen molar-refractivity contribution in [3.05, 3.63) is 12.2 Å². The monoisotopic (exact) mass is 350 g/mol. The average molecular weight is 351 g/mol. The summed E-state index contributed by atoms with van der Waals surface area (Å²) in [5, 5.41) is 20.0. The molecule has 4 aliphatic carbocycles. The lowest BCUT2D eigenvalue weighted by molar-refractivity contribution is -0.125. The van der Waals surface area contributed by atoms with Gasteiger partial charge in [0.15, 0.2) is 0 Å². The molecule has 25 heavy (non-hydrogen) atoms. The van der Waals surface area contributed by atoms with Gasteiger partial charge in [-0.1, -0.05) is 13.5 Å². The topological polar surface area (TPSA) is 40.5 Å². The number of alkyl halides is 1. The van der Waals surface area contributed by atoms with Crippen molar-refractivity contribution in [2.24, 2.45) is 40.9 Å². The molecule has 0 unspecified atom stereocenters. The maximum absolute atomic E-state index is 15.2. The summed E-state index contributed by atoms with van der Waals surface area (Å²) in [7, 11) is 0. The lowest BCUT2D eigenvalue weighted by atomic mass is 9.48. The van der Waals surface area contributed by atoms with Crippen LogP contribution in [0.1, 0.15) is 65.2 Å². The van der Waals surface area contributed by atoms with Crippen molar-refractivity contribution in [1.29, 1.82) is 0 Å². The first-order valence-electron chi connectivity index (χ1n) is 10.4. The largest absolute Gasteiger partial charge is 0.392 e. The van der Waals surface area contributed by atoms with Crippen LogP contribution in [0, 0.1) is 40.9 Å². The quantitative estimate of drug-likeness (QED) is 0.720. The number of halogens is 1. The molecule has 0 aromatic rings. The molecule has 0 amide bonds. The maximum atomic E-state index is 15.2. The van der Waals surface area contributed by atoms with Gasteiger partial charge in [0.05, 0.1) is 12.2 Å². The highest BCUT2D eigenvalue weighted by molar-refractivity contribution is 5.16. The van der Waals surface area contributed by atoms with Crippen LogP contribution in [-0.2, 0) is 0 Å². The van der Waals surface area contributed by atoms with E-state index >= 15 is 4.39 Å². The first-order chi connectivity index (χ1) is 11.8. The highest BCUT2D eigenvalue weighted by Crippen LogP contribution is 2.65. The van der Waals surface area contributed by atoms with Crippen LogP contribution in [0.3, 0.4) is 0 Å². The number of rotatable bonds is 2. The minimum atomic E-state index is -0.750. The van der Waals surface area contributed by atoms with Gasteiger partial charge in [-0.15, -0.1) is 0 Å². The van der Waals surface area contributed by atoms with Crippen LogP contribution >= 0.6 is 0 Å². The molecule has 4 fully saturated rings. The Balaban J connectivity index is 1.58. The van der Waals surface area contributed by atoms with Crippen molar-refractivity contribution in [2.75, 3.05) is 6.61 Å². The SMILES string of the molecule is C=C(CO)[C@H]1CC[C@H]2[C@@H]3C[C@@H](F)[C@H]4C[C@@](C)(O)CC[C@@H]4[C@H]3CC[C@]12C. The molecule has 0 heterocycles.